The van der Waals surface area contributed by atoms with E-state index in [9.17, 15) is 9.59 Å². The van der Waals surface area contributed by atoms with E-state index >= 15 is 0 Å². The monoisotopic (exact) mass is 485 g/mol. The van der Waals surface area contributed by atoms with E-state index in [4.69, 9.17) is 21.4 Å². The Kier molecular flexibility index (Phi) is 6.14. The third kappa shape index (κ3) is 4.21. The molecule has 3 aromatic carbocycles. The van der Waals surface area contributed by atoms with Gasteiger partial charge in [-0.2, -0.15) is 5.10 Å². The van der Waals surface area contributed by atoms with Crippen LogP contribution in [0.25, 0.3) is 22.0 Å². The number of benzene rings is 3. The van der Waals surface area contributed by atoms with Crippen LogP contribution in [0.3, 0.4) is 0 Å². The maximum absolute atomic E-state index is 13.5. The minimum atomic E-state index is -0.318. The lowest BCUT2D eigenvalue weighted by Gasteiger charge is -2.21. The Morgan fingerprint density at radius 2 is 1.83 bits per heavy atom. The molecule has 0 unspecified atom stereocenters. The van der Waals surface area contributed by atoms with Gasteiger partial charge < -0.3 is 9.72 Å². The number of halogens is 1. The van der Waals surface area contributed by atoms with E-state index in [0.717, 1.165) is 27.8 Å². The zero-order chi connectivity index (χ0) is 24.5. The lowest BCUT2D eigenvalue weighted by atomic mass is 9.91. The van der Waals surface area contributed by atoms with Crippen LogP contribution in [0.4, 0.5) is 0 Å². The Hall–Kier alpha value is -3.90. The first-order valence-electron chi connectivity index (χ1n) is 11.4. The molecule has 6 nitrogen and oxygen atoms in total. The molecule has 35 heavy (non-hydrogen) atoms. The number of carbonyl (C=O) groups is 1. The smallest absolute Gasteiger partial charge is 0.258 e. The van der Waals surface area contributed by atoms with Crippen molar-refractivity contribution in [2.75, 3.05) is 7.11 Å². The normalized spacial score (nSPS) is 15.3. The lowest BCUT2D eigenvalue weighted by Crippen LogP contribution is -2.26. The number of nitrogens with one attached hydrogen (secondary N) is 1. The van der Waals surface area contributed by atoms with Crippen LogP contribution in [-0.4, -0.2) is 28.7 Å². The molecular weight excluding hydrogens is 462 g/mol. The molecule has 0 fully saturated rings. The van der Waals surface area contributed by atoms with E-state index in [0.29, 0.717) is 34.7 Å². The second kappa shape index (κ2) is 9.39. The van der Waals surface area contributed by atoms with Crippen LogP contribution in [0.15, 0.2) is 82.7 Å². The molecule has 5 rings (SSSR count). The highest BCUT2D eigenvalue weighted by atomic mass is 35.5. The molecular formula is C28H24ClN3O3. The summed E-state index contributed by atoms with van der Waals surface area (Å²) in [7, 11) is 1.61. The lowest BCUT2D eigenvalue weighted by molar-refractivity contribution is -0.132. The number of aromatic amines is 1. The molecule has 0 spiro atoms. The quantitative estimate of drug-likeness (QED) is 0.380. The van der Waals surface area contributed by atoms with Crippen LogP contribution < -0.4 is 10.3 Å². The minimum Gasteiger partial charge on any atom is -0.497 e. The Labute approximate surface area is 207 Å². The predicted molar refractivity (Wildman–Crippen MR) is 139 cm³/mol. The van der Waals surface area contributed by atoms with Gasteiger partial charge in [0.2, 0.25) is 5.91 Å². The van der Waals surface area contributed by atoms with Crippen molar-refractivity contribution in [1.82, 2.24) is 9.99 Å². The van der Waals surface area contributed by atoms with Gasteiger partial charge in [0.05, 0.1) is 24.4 Å². The summed E-state index contributed by atoms with van der Waals surface area (Å²) < 4.78 is 5.28. The summed E-state index contributed by atoms with van der Waals surface area (Å²) in [5.41, 5.74) is 4.01. The van der Waals surface area contributed by atoms with Gasteiger partial charge in [0.15, 0.2) is 0 Å². The molecule has 1 aliphatic heterocycles. The highest BCUT2D eigenvalue weighted by molar-refractivity contribution is 6.31. The molecule has 1 aromatic heterocycles. The van der Waals surface area contributed by atoms with Crippen LogP contribution in [0, 0.1) is 0 Å². The molecule has 0 saturated carbocycles. The minimum absolute atomic E-state index is 0.109. The van der Waals surface area contributed by atoms with Gasteiger partial charge in [-0.25, -0.2) is 5.01 Å². The summed E-state index contributed by atoms with van der Waals surface area (Å²) in [6, 6.07) is 22.4. The maximum Gasteiger partial charge on any atom is 0.258 e. The van der Waals surface area contributed by atoms with Crippen molar-refractivity contribution >= 4 is 34.1 Å². The molecule has 1 atom stereocenters. The van der Waals surface area contributed by atoms with E-state index in [-0.39, 0.29) is 17.5 Å². The van der Waals surface area contributed by atoms with E-state index in [2.05, 4.69) is 4.98 Å². The fourth-order valence-corrected chi connectivity index (χ4v) is 4.76. The van der Waals surface area contributed by atoms with E-state index < -0.39 is 0 Å². The van der Waals surface area contributed by atoms with E-state index in [1.165, 1.54) is 5.01 Å². The first-order valence-corrected chi connectivity index (χ1v) is 11.8. The van der Waals surface area contributed by atoms with Crippen molar-refractivity contribution in [3.8, 4) is 16.9 Å². The second-order valence-electron chi connectivity index (χ2n) is 8.39. The molecule has 7 heteroatoms. The van der Waals surface area contributed by atoms with Gasteiger partial charge in [-0.15, -0.1) is 0 Å². The number of amides is 1. The average Bonchev–Trinajstić information content (AvgIpc) is 3.33. The number of methoxy groups -OCH3 is 1. The molecule has 1 aliphatic rings. The SMILES string of the molecule is CCC(=O)N1N=C(c2c(-c3ccccc3)c3cc(Cl)ccc3[nH]c2=O)C[C@@H]1c1ccc(OC)cc1. The van der Waals surface area contributed by atoms with Crippen molar-refractivity contribution in [3.05, 3.63) is 99.3 Å². The number of rotatable bonds is 5. The van der Waals surface area contributed by atoms with Crippen molar-refractivity contribution in [2.24, 2.45) is 5.10 Å². The highest BCUT2D eigenvalue weighted by Gasteiger charge is 2.34. The summed E-state index contributed by atoms with van der Waals surface area (Å²) >= 11 is 6.36. The Morgan fingerprint density at radius 1 is 1.09 bits per heavy atom. The maximum atomic E-state index is 13.5. The summed E-state index contributed by atoms with van der Waals surface area (Å²) in [5.74, 6) is 0.623. The fourth-order valence-electron chi connectivity index (χ4n) is 4.58. The summed E-state index contributed by atoms with van der Waals surface area (Å²) in [4.78, 5) is 29.4. The zero-order valence-electron chi connectivity index (χ0n) is 19.4. The van der Waals surface area contributed by atoms with Crippen LogP contribution in [0.2, 0.25) is 5.02 Å². The molecule has 0 saturated heterocycles. The van der Waals surface area contributed by atoms with Crippen LogP contribution in [0.5, 0.6) is 5.75 Å². The van der Waals surface area contributed by atoms with E-state index in [1.54, 1.807) is 26.2 Å². The third-order valence-electron chi connectivity index (χ3n) is 6.30. The fraction of sp³-hybridized carbons (Fsp3) is 0.179. The Morgan fingerprint density at radius 3 is 2.51 bits per heavy atom. The van der Waals surface area contributed by atoms with Gasteiger partial charge >= 0.3 is 0 Å². The highest BCUT2D eigenvalue weighted by Crippen LogP contribution is 2.38. The second-order valence-corrected chi connectivity index (χ2v) is 8.83. The topological polar surface area (TPSA) is 74.8 Å². The number of nitrogens with zero attached hydrogens (tertiary/aromatic N) is 2. The molecule has 4 aromatic rings. The Balaban J connectivity index is 1.71. The third-order valence-corrected chi connectivity index (χ3v) is 6.53. The van der Waals surface area contributed by atoms with Gasteiger partial charge in [0.25, 0.3) is 5.56 Å². The number of hydrazone groups is 1. The van der Waals surface area contributed by atoms with Gasteiger partial charge in [-0.1, -0.05) is 61.0 Å². The largest absolute Gasteiger partial charge is 0.497 e. The number of aromatic nitrogens is 1. The number of ether oxygens (including phenoxy) is 1. The number of pyridine rings is 1. The van der Waals surface area contributed by atoms with Crippen molar-refractivity contribution in [2.45, 2.75) is 25.8 Å². The molecule has 176 valence electrons. The number of carbonyl (C=O) groups excluding carboxylic acids is 1. The van der Waals surface area contributed by atoms with Gasteiger partial charge in [-0.05, 0) is 41.5 Å². The summed E-state index contributed by atoms with van der Waals surface area (Å²) in [5, 5.41) is 7.62. The van der Waals surface area contributed by atoms with Crippen LogP contribution >= 0.6 is 11.6 Å². The predicted octanol–water partition coefficient (Wildman–Crippen LogP) is 5.94. The Bertz CT molecular complexity index is 1490. The molecule has 0 bridgehead atoms. The van der Waals surface area contributed by atoms with Crippen LogP contribution in [-0.2, 0) is 4.79 Å². The first kappa shape index (κ1) is 22.9. The van der Waals surface area contributed by atoms with Crippen molar-refractivity contribution < 1.29 is 9.53 Å². The molecule has 0 aliphatic carbocycles. The summed E-state index contributed by atoms with van der Waals surface area (Å²) in [6.07, 6.45) is 0.714. The number of hydrogen-bond donors (Lipinski definition) is 1. The number of hydrogen-bond acceptors (Lipinski definition) is 4. The van der Waals surface area contributed by atoms with E-state index in [1.807, 2.05) is 60.7 Å². The zero-order valence-corrected chi connectivity index (χ0v) is 20.2. The molecule has 0 radical (unpaired) electrons. The van der Waals surface area contributed by atoms with Crippen molar-refractivity contribution in [1.29, 1.82) is 0 Å². The average molecular weight is 486 g/mol. The van der Waals surface area contributed by atoms with Crippen LogP contribution in [0.1, 0.15) is 36.9 Å². The van der Waals surface area contributed by atoms with Gasteiger partial charge in [-0.3, -0.25) is 9.59 Å². The number of H-pyrrole nitrogens is 1. The standard InChI is InChI=1S/C28H24ClN3O3/c1-3-25(33)32-24(17-9-12-20(35-2)13-10-17)16-23(31-32)27-26(18-7-5-4-6-8-18)21-15-19(29)11-14-22(21)30-28(27)34/h4-15,24H,3,16H2,1-2H3,(H,30,34)/t24-/m1/s1. The molecule has 2 heterocycles. The number of fused-ring (bicyclic) bond motifs is 1. The van der Waals surface area contributed by atoms with Crippen molar-refractivity contribution in [3.63, 3.8) is 0 Å². The molecule has 1 N–H and O–H groups in total. The van der Waals surface area contributed by atoms with Gasteiger partial charge in [0, 0.05) is 34.3 Å². The summed E-state index contributed by atoms with van der Waals surface area (Å²) in [6.45, 7) is 1.81. The van der Waals surface area contributed by atoms with Gasteiger partial charge in [0.1, 0.15) is 5.75 Å². The first-order chi connectivity index (χ1) is 17.0. The molecule has 1 amide bonds.